The van der Waals surface area contributed by atoms with Crippen LogP contribution in [0.2, 0.25) is 5.02 Å². The van der Waals surface area contributed by atoms with Crippen molar-refractivity contribution in [1.82, 2.24) is 9.78 Å². The van der Waals surface area contributed by atoms with Gasteiger partial charge in [-0.1, -0.05) is 29.8 Å². The molecule has 24 heavy (non-hydrogen) atoms. The number of para-hydroxylation sites is 1. The molecule has 0 saturated carbocycles. The molecule has 1 aromatic heterocycles. The second-order valence-electron chi connectivity index (χ2n) is 4.94. The third-order valence-corrected chi connectivity index (χ3v) is 3.72. The first-order valence-electron chi connectivity index (χ1n) is 6.83. The molecule has 7 nitrogen and oxygen atoms in total. The van der Waals surface area contributed by atoms with Crippen LogP contribution in [-0.4, -0.2) is 20.5 Å². The molecule has 0 fully saturated rings. The molecular weight excluding hydrogens is 334 g/mol. The fraction of sp³-hybridized carbons (Fsp3) is 0. The number of rotatable bonds is 4. The van der Waals surface area contributed by atoms with E-state index in [0.29, 0.717) is 5.69 Å². The molecule has 0 aliphatic carbocycles. The highest BCUT2D eigenvalue weighted by Crippen LogP contribution is 2.24. The quantitative estimate of drug-likeness (QED) is 0.447. The first-order chi connectivity index (χ1) is 11.5. The summed E-state index contributed by atoms with van der Waals surface area (Å²) < 4.78 is 1.43. The first-order valence-corrected chi connectivity index (χ1v) is 7.21. The number of halogens is 1. The minimum Gasteiger partial charge on any atom is -0.288 e. The van der Waals surface area contributed by atoms with Gasteiger partial charge in [-0.25, -0.2) is 0 Å². The largest absolute Gasteiger partial charge is 0.288 e. The summed E-state index contributed by atoms with van der Waals surface area (Å²) in [6.07, 6.45) is 1.37. The number of nitro groups is 1. The summed E-state index contributed by atoms with van der Waals surface area (Å²) in [5.41, 5.74) is -0.192. The zero-order valence-corrected chi connectivity index (χ0v) is 12.9. The molecule has 0 spiro atoms. The lowest BCUT2D eigenvalue weighted by atomic mass is 10.1. The van der Waals surface area contributed by atoms with E-state index in [4.69, 9.17) is 11.6 Å². The highest BCUT2D eigenvalue weighted by atomic mass is 35.5. The minimum absolute atomic E-state index is 0.0265. The number of aromatic nitrogens is 2. The predicted octanol–water partition coefficient (Wildman–Crippen LogP) is 2.96. The Hall–Kier alpha value is -3.19. The molecule has 0 amide bonds. The molecular formula is C16H10ClN3O4. The molecule has 0 atom stereocenters. The molecule has 0 aliphatic heterocycles. The van der Waals surface area contributed by atoms with Crippen LogP contribution in [0.15, 0.2) is 59.5 Å². The number of nitro benzene ring substituents is 1. The Kier molecular flexibility index (Phi) is 4.01. The van der Waals surface area contributed by atoms with E-state index in [-0.39, 0.29) is 21.8 Å². The summed E-state index contributed by atoms with van der Waals surface area (Å²) in [6, 6.07) is 12.4. The first kappa shape index (κ1) is 15.7. The van der Waals surface area contributed by atoms with Crippen LogP contribution in [0.1, 0.15) is 15.9 Å². The third-order valence-electron chi connectivity index (χ3n) is 3.41. The van der Waals surface area contributed by atoms with E-state index in [9.17, 15) is 19.7 Å². The van der Waals surface area contributed by atoms with E-state index in [0.717, 1.165) is 6.07 Å². The van der Waals surface area contributed by atoms with Crippen LogP contribution in [0, 0.1) is 10.1 Å². The van der Waals surface area contributed by atoms with Crippen LogP contribution in [-0.2, 0) is 0 Å². The Morgan fingerprint density at radius 1 is 1.12 bits per heavy atom. The number of nitrogens with zero attached hydrogens (tertiary/aromatic N) is 2. The molecule has 120 valence electrons. The number of non-ortho nitro benzene ring substituents is 1. The summed E-state index contributed by atoms with van der Waals surface area (Å²) in [4.78, 5) is 34.7. The van der Waals surface area contributed by atoms with Gasteiger partial charge in [-0.15, -0.1) is 0 Å². The van der Waals surface area contributed by atoms with Crippen molar-refractivity contribution in [3.05, 3.63) is 91.3 Å². The van der Waals surface area contributed by atoms with Gasteiger partial charge in [0.15, 0.2) is 0 Å². The molecule has 1 N–H and O–H groups in total. The molecule has 2 aromatic carbocycles. The van der Waals surface area contributed by atoms with E-state index >= 15 is 0 Å². The predicted molar refractivity (Wildman–Crippen MR) is 87.9 cm³/mol. The van der Waals surface area contributed by atoms with Crippen LogP contribution in [0.3, 0.4) is 0 Å². The van der Waals surface area contributed by atoms with Gasteiger partial charge >= 0.3 is 0 Å². The number of carbonyl (C=O) groups is 1. The van der Waals surface area contributed by atoms with E-state index in [1.165, 1.54) is 23.0 Å². The average Bonchev–Trinajstić information content (AvgIpc) is 2.97. The van der Waals surface area contributed by atoms with Gasteiger partial charge in [0.1, 0.15) is 5.56 Å². The molecule has 3 rings (SSSR count). The zero-order valence-electron chi connectivity index (χ0n) is 12.1. The van der Waals surface area contributed by atoms with Gasteiger partial charge in [0.25, 0.3) is 11.2 Å². The molecule has 8 heteroatoms. The number of ketones is 1. The van der Waals surface area contributed by atoms with Gasteiger partial charge in [-0.2, -0.15) is 0 Å². The summed E-state index contributed by atoms with van der Waals surface area (Å²) in [6.45, 7) is 0. The van der Waals surface area contributed by atoms with E-state index in [2.05, 4.69) is 5.10 Å². The van der Waals surface area contributed by atoms with E-state index < -0.39 is 16.3 Å². The average molecular weight is 344 g/mol. The maximum Gasteiger partial charge on any atom is 0.275 e. The summed E-state index contributed by atoms with van der Waals surface area (Å²) in [5, 5.41) is 13.2. The number of hydrogen-bond acceptors (Lipinski definition) is 4. The maximum absolute atomic E-state index is 12.5. The minimum atomic E-state index is -0.612. The number of aromatic amines is 1. The molecule has 0 aliphatic rings. The van der Waals surface area contributed by atoms with Crippen molar-refractivity contribution in [2.24, 2.45) is 0 Å². The Morgan fingerprint density at radius 3 is 2.46 bits per heavy atom. The third kappa shape index (κ3) is 2.84. The van der Waals surface area contributed by atoms with Crippen LogP contribution >= 0.6 is 11.6 Å². The highest BCUT2D eigenvalue weighted by Gasteiger charge is 2.20. The molecule has 0 radical (unpaired) electrons. The molecule has 0 unspecified atom stereocenters. The highest BCUT2D eigenvalue weighted by molar-refractivity contribution is 6.35. The van der Waals surface area contributed by atoms with Crippen molar-refractivity contribution in [1.29, 1.82) is 0 Å². The van der Waals surface area contributed by atoms with Gasteiger partial charge < -0.3 is 0 Å². The number of nitrogens with one attached hydrogen (secondary N) is 1. The van der Waals surface area contributed by atoms with Crippen molar-refractivity contribution in [2.75, 3.05) is 0 Å². The van der Waals surface area contributed by atoms with Gasteiger partial charge in [-0.05, 0) is 18.2 Å². The number of H-pyrrole nitrogens is 1. The second-order valence-corrected chi connectivity index (χ2v) is 5.35. The van der Waals surface area contributed by atoms with Crippen LogP contribution < -0.4 is 5.56 Å². The Morgan fingerprint density at radius 2 is 1.83 bits per heavy atom. The van der Waals surface area contributed by atoms with Crippen LogP contribution in [0.5, 0.6) is 0 Å². The summed E-state index contributed by atoms with van der Waals surface area (Å²) in [7, 11) is 0. The van der Waals surface area contributed by atoms with Gasteiger partial charge in [0, 0.05) is 23.9 Å². The lowest BCUT2D eigenvalue weighted by molar-refractivity contribution is -0.384. The van der Waals surface area contributed by atoms with Crippen molar-refractivity contribution in [3.8, 4) is 5.69 Å². The zero-order chi connectivity index (χ0) is 17.3. The standard InChI is InChI=1S/C16H10ClN3O4/c17-14-8-11(20(23)24)6-7-12(14)15(21)13-9-19(18-16(13)22)10-4-2-1-3-5-10/h1-9H,(H,18,22). The Balaban J connectivity index is 2.01. The second kappa shape index (κ2) is 6.13. The van der Waals surface area contributed by atoms with E-state index in [1.54, 1.807) is 24.3 Å². The smallest absolute Gasteiger partial charge is 0.275 e. The summed E-state index contributed by atoms with van der Waals surface area (Å²) in [5.74, 6) is -0.606. The molecule has 1 heterocycles. The van der Waals surface area contributed by atoms with E-state index in [1.807, 2.05) is 6.07 Å². The molecule has 0 saturated heterocycles. The maximum atomic E-state index is 12.5. The van der Waals surface area contributed by atoms with Crippen molar-refractivity contribution in [3.63, 3.8) is 0 Å². The van der Waals surface area contributed by atoms with Crippen LogP contribution in [0.25, 0.3) is 5.69 Å². The normalized spacial score (nSPS) is 10.5. The van der Waals surface area contributed by atoms with Gasteiger partial charge in [-0.3, -0.25) is 29.5 Å². The number of hydrogen-bond donors (Lipinski definition) is 1. The fourth-order valence-electron chi connectivity index (χ4n) is 2.23. The SMILES string of the molecule is O=C(c1ccc([N+](=O)[O-])cc1Cl)c1cn(-c2ccccc2)[nH]c1=O. The van der Waals surface area contributed by atoms with Gasteiger partial charge in [0.2, 0.25) is 5.78 Å². The summed E-state index contributed by atoms with van der Waals surface area (Å²) >= 11 is 5.95. The fourth-order valence-corrected chi connectivity index (χ4v) is 2.49. The van der Waals surface area contributed by atoms with Crippen molar-refractivity contribution < 1.29 is 9.72 Å². The topological polar surface area (TPSA) is 98.0 Å². The van der Waals surface area contributed by atoms with Crippen molar-refractivity contribution in [2.45, 2.75) is 0 Å². The van der Waals surface area contributed by atoms with Crippen LogP contribution in [0.4, 0.5) is 5.69 Å². The number of benzene rings is 2. The Labute approximate surface area is 140 Å². The van der Waals surface area contributed by atoms with Gasteiger partial charge in [0.05, 0.1) is 15.6 Å². The lowest BCUT2D eigenvalue weighted by Gasteiger charge is -2.02. The number of carbonyl (C=O) groups excluding carboxylic acids is 1. The lowest BCUT2D eigenvalue weighted by Crippen LogP contribution is -2.13. The van der Waals surface area contributed by atoms with Crippen molar-refractivity contribution >= 4 is 23.1 Å². The molecule has 3 aromatic rings. The monoisotopic (exact) mass is 343 g/mol. The molecule has 0 bridgehead atoms. The Bertz CT molecular complexity index is 992.